The maximum Gasteiger partial charge on any atom is 0.170 e. The molecule has 110 valence electrons. The average molecular weight is 278 g/mol. The highest BCUT2D eigenvalue weighted by Crippen LogP contribution is 2.26. The predicted octanol–water partition coefficient (Wildman–Crippen LogP) is 1.74. The van der Waals surface area contributed by atoms with Gasteiger partial charge < -0.3 is 10.6 Å². The van der Waals surface area contributed by atoms with E-state index in [1.54, 1.807) is 12.3 Å². The minimum Gasteiger partial charge on any atom is -0.353 e. The zero-order valence-corrected chi connectivity index (χ0v) is 11.9. The highest BCUT2D eigenvalue weighted by molar-refractivity contribution is 5.44. The summed E-state index contributed by atoms with van der Waals surface area (Å²) in [4.78, 5) is 8.87. The molecule has 1 aromatic rings. The van der Waals surface area contributed by atoms with Crippen LogP contribution >= 0.6 is 0 Å². The number of rotatable bonds is 3. The van der Waals surface area contributed by atoms with Crippen molar-refractivity contribution in [1.29, 1.82) is 0 Å². The number of pyridine rings is 1. The van der Waals surface area contributed by atoms with Crippen molar-refractivity contribution in [3.63, 3.8) is 0 Å². The molecule has 0 spiro atoms. The molecule has 0 aromatic carbocycles. The summed E-state index contributed by atoms with van der Waals surface area (Å²) in [5.41, 5.74) is 6.12. The zero-order valence-electron chi connectivity index (χ0n) is 11.9. The molecule has 4 nitrogen and oxygen atoms in total. The van der Waals surface area contributed by atoms with Gasteiger partial charge in [-0.2, -0.15) is 0 Å². The third-order valence-corrected chi connectivity index (χ3v) is 4.54. The molecule has 0 radical (unpaired) electrons. The lowest BCUT2D eigenvalue weighted by Gasteiger charge is -2.32. The highest BCUT2D eigenvalue weighted by Gasteiger charge is 2.30. The molecule has 0 saturated carbocycles. The number of hydrogen-bond acceptors (Lipinski definition) is 4. The molecule has 20 heavy (non-hydrogen) atoms. The highest BCUT2D eigenvalue weighted by atomic mass is 19.1. The van der Waals surface area contributed by atoms with Crippen LogP contribution in [0.5, 0.6) is 0 Å². The van der Waals surface area contributed by atoms with Crippen LogP contribution in [-0.4, -0.2) is 42.1 Å². The van der Waals surface area contributed by atoms with E-state index in [-0.39, 0.29) is 12.4 Å². The van der Waals surface area contributed by atoms with E-state index in [9.17, 15) is 4.39 Å². The van der Waals surface area contributed by atoms with Gasteiger partial charge in [0.05, 0.1) is 0 Å². The SMILES string of the molecule is NCc1ccnc(N2CCC(N3CCCCC3)C2)c1F. The molecule has 0 bridgehead atoms. The van der Waals surface area contributed by atoms with E-state index in [0.717, 1.165) is 19.5 Å². The maximum atomic E-state index is 14.3. The maximum absolute atomic E-state index is 14.3. The summed E-state index contributed by atoms with van der Waals surface area (Å²) in [6, 6.07) is 2.22. The standard InChI is InChI=1S/C15H23FN4/c16-14-12(10-17)4-6-18-15(14)20-9-5-13(11-20)19-7-2-1-3-8-19/h4,6,13H,1-3,5,7-11,17H2. The van der Waals surface area contributed by atoms with Crippen molar-refractivity contribution in [1.82, 2.24) is 9.88 Å². The van der Waals surface area contributed by atoms with Crippen LogP contribution in [0.1, 0.15) is 31.2 Å². The molecule has 2 aliphatic rings. The van der Waals surface area contributed by atoms with Gasteiger partial charge in [0.25, 0.3) is 0 Å². The Balaban J connectivity index is 1.70. The topological polar surface area (TPSA) is 45.4 Å². The lowest BCUT2D eigenvalue weighted by atomic mass is 10.1. The smallest absolute Gasteiger partial charge is 0.170 e. The summed E-state index contributed by atoms with van der Waals surface area (Å²) in [7, 11) is 0. The molecule has 3 heterocycles. The second-order valence-electron chi connectivity index (χ2n) is 5.80. The molecule has 3 rings (SSSR count). The molecule has 2 fully saturated rings. The Bertz CT molecular complexity index is 459. The van der Waals surface area contributed by atoms with Crippen molar-refractivity contribution in [3.8, 4) is 0 Å². The van der Waals surface area contributed by atoms with Crippen LogP contribution in [-0.2, 0) is 6.54 Å². The zero-order chi connectivity index (χ0) is 13.9. The van der Waals surface area contributed by atoms with Gasteiger partial charge in [-0.15, -0.1) is 0 Å². The Labute approximate surface area is 119 Å². The van der Waals surface area contributed by atoms with Gasteiger partial charge >= 0.3 is 0 Å². The van der Waals surface area contributed by atoms with Crippen molar-refractivity contribution >= 4 is 5.82 Å². The number of anilines is 1. The van der Waals surface area contributed by atoms with E-state index in [2.05, 4.69) is 14.8 Å². The normalized spacial score (nSPS) is 24.3. The summed E-state index contributed by atoms with van der Waals surface area (Å²) in [5.74, 6) is 0.238. The monoisotopic (exact) mass is 278 g/mol. The first-order valence-corrected chi connectivity index (χ1v) is 7.62. The molecular weight excluding hydrogens is 255 g/mol. The van der Waals surface area contributed by atoms with E-state index in [1.165, 1.54) is 32.4 Å². The Morgan fingerprint density at radius 1 is 1.25 bits per heavy atom. The van der Waals surface area contributed by atoms with Crippen molar-refractivity contribution < 1.29 is 4.39 Å². The van der Waals surface area contributed by atoms with E-state index < -0.39 is 0 Å². The van der Waals surface area contributed by atoms with Gasteiger partial charge in [-0.05, 0) is 38.4 Å². The Morgan fingerprint density at radius 2 is 2.05 bits per heavy atom. The molecule has 2 N–H and O–H groups in total. The summed E-state index contributed by atoms with van der Waals surface area (Å²) in [6.45, 7) is 4.39. The number of nitrogens with zero attached hydrogens (tertiary/aromatic N) is 3. The molecule has 1 unspecified atom stereocenters. The Morgan fingerprint density at radius 3 is 2.80 bits per heavy atom. The number of halogens is 1. The number of piperidine rings is 1. The Hall–Kier alpha value is -1.20. The summed E-state index contributed by atoms with van der Waals surface area (Å²) >= 11 is 0. The number of aromatic nitrogens is 1. The minimum absolute atomic E-state index is 0.227. The number of hydrogen-bond donors (Lipinski definition) is 1. The van der Waals surface area contributed by atoms with Gasteiger partial charge in [-0.1, -0.05) is 6.42 Å². The largest absolute Gasteiger partial charge is 0.353 e. The van der Waals surface area contributed by atoms with Gasteiger partial charge in [-0.25, -0.2) is 9.37 Å². The number of likely N-dealkylation sites (tertiary alicyclic amines) is 1. The molecule has 0 amide bonds. The van der Waals surface area contributed by atoms with Crippen molar-refractivity contribution in [3.05, 3.63) is 23.6 Å². The fraction of sp³-hybridized carbons (Fsp3) is 0.667. The summed E-state index contributed by atoms with van der Waals surface area (Å²) in [6.07, 6.45) is 6.71. The molecule has 2 saturated heterocycles. The second kappa shape index (κ2) is 6.06. The lowest BCUT2D eigenvalue weighted by Crippen LogP contribution is -2.41. The third-order valence-electron chi connectivity index (χ3n) is 4.54. The summed E-state index contributed by atoms with van der Waals surface area (Å²) in [5, 5.41) is 0. The van der Waals surface area contributed by atoms with Gasteiger partial charge in [0.2, 0.25) is 0 Å². The van der Waals surface area contributed by atoms with Crippen LogP contribution in [0.4, 0.5) is 10.2 Å². The van der Waals surface area contributed by atoms with Crippen LogP contribution in [0.25, 0.3) is 0 Å². The second-order valence-corrected chi connectivity index (χ2v) is 5.80. The first-order valence-electron chi connectivity index (χ1n) is 7.62. The first kappa shape index (κ1) is 13.8. The third kappa shape index (κ3) is 2.65. The van der Waals surface area contributed by atoms with Crippen LogP contribution in [0.3, 0.4) is 0 Å². The molecule has 2 aliphatic heterocycles. The van der Waals surface area contributed by atoms with E-state index >= 15 is 0 Å². The first-order chi connectivity index (χ1) is 9.79. The van der Waals surface area contributed by atoms with Crippen LogP contribution < -0.4 is 10.6 Å². The van der Waals surface area contributed by atoms with E-state index in [0.29, 0.717) is 17.4 Å². The van der Waals surface area contributed by atoms with Crippen LogP contribution in [0.2, 0.25) is 0 Å². The van der Waals surface area contributed by atoms with Crippen molar-refractivity contribution in [2.75, 3.05) is 31.1 Å². The van der Waals surface area contributed by atoms with E-state index in [4.69, 9.17) is 5.73 Å². The van der Waals surface area contributed by atoms with Crippen molar-refractivity contribution in [2.24, 2.45) is 5.73 Å². The van der Waals surface area contributed by atoms with Crippen LogP contribution in [0.15, 0.2) is 12.3 Å². The number of nitrogens with two attached hydrogens (primary N) is 1. The quantitative estimate of drug-likeness (QED) is 0.915. The molecule has 0 aliphatic carbocycles. The average Bonchev–Trinajstić information content (AvgIpc) is 2.98. The van der Waals surface area contributed by atoms with Crippen LogP contribution in [0, 0.1) is 5.82 Å². The predicted molar refractivity (Wildman–Crippen MR) is 78.1 cm³/mol. The molecule has 1 aromatic heterocycles. The fourth-order valence-electron chi connectivity index (χ4n) is 3.37. The lowest BCUT2D eigenvalue weighted by molar-refractivity contribution is 0.174. The van der Waals surface area contributed by atoms with Crippen molar-refractivity contribution in [2.45, 2.75) is 38.3 Å². The molecule has 1 atom stereocenters. The minimum atomic E-state index is -0.241. The van der Waals surface area contributed by atoms with Gasteiger partial charge in [-0.3, -0.25) is 4.90 Å². The summed E-state index contributed by atoms with van der Waals surface area (Å²) < 4.78 is 14.3. The van der Waals surface area contributed by atoms with E-state index in [1.807, 2.05) is 0 Å². The Kier molecular flexibility index (Phi) is 4.17. The van der Waals surface area contributed by atoms with Gasteiger partial charge in [0, 0.05) is 37.4 Å². The molecule has 5 heteroatoms. The molecular formula is C15H23FN4. The van der Waals surface area contributed by atoms with Gasteiger partial charge in [0.15, 0.2) is 11.6 Å². The van der Waals surface area contributed by atoms with Gasteiger partial charge in [0.1, 0.15) is 0 Å². The fourth-order valence-corrected chi connectivity index (χ4v) is 3.37.